The number of nitrogens with zero attached hydrogens (tertiary/aromatic N) is 1. The predicted molar refractivity (Wildman–Crippen MR) is 69.6 cm³/mol. The van der Waals surface area contributed by atoms with Gasteiger partial charge in [0.25, 0.3) is 5.91 Å². The number of carbonyl (C=O) groups is 2. The smallest absolute Gasteiger partial charge is 0.307 e. The Hall–Kier alpha value is -1.62. The second-order valence-electron chi connectivity index (χ2n) is 3.91. The second kappa shape index (κ2) is 7.09. The monoisotopic (exact) mass is 287 g/mol. The van der Waals surface area contributed by atoms with Crippen molar-refractivity contribution >= 4 is 23.5 Å². The van der Waals surface area contributed by atoms with Crippen molar-refractivity contribution in [3.05, 3.63) is 34.6 Å². The van der Waals surface area contributed by atoms with Crippen LogP contribution in [0.15, 0.2) is 18.2 Å². The number of esters is 1. The van der Waals surface area contributed by atoms with Crippen molar-refractivity contribution in [1.82, 2.24) is 4.90 Å². The number of halogens is 2. The molecule has 19 heavy (non-hydrogen) atoms. The summed E-state index contributed by atoms with van der Waals surface area (Å²) in [6, 6.07) is 3.56. The first-order valence-corrected chi connectivity index (χ1v) is 6.19. The van der Waals surface area contributed by atoms with Crippen molar-refractivity contribution in [1.29, 1.82) is 0 Å². The number of carbonyl (C=O) groups excluding carboxylic acids is 2. The number of hydrogen-bond acceptors (Lipinski definition) is 3. The highest BCUT2D eigenvalue weighted by molar-refractivity contribution is 6.33. The fourth-order valence-corrected chi connectivity index (χ4v) is 1.71. The Morgan fingerprint density at radius 3 is 2.68 bits per heavy atom. The van der Waals surface area contributed by atoms with E-state index in [1.165, 1.54) is 11.0 Å². The lowest BCUT2D eigenvalue weighted by Gasteiger charge is -2.17. The molecular weight excluding hydrogens is 273 g/mol. The van der Waals surface area contributed by atoms with Gasteiger partial charge >= 0.3 is 5.97 Å². The Morgan fingerprint density at radius 1 is 1.42 bits per heavy atom. The van der Waals surface area contributed by atoms with Gasteiger partial charge in [-0.15, -0.1) is 0 Å². The molecule has 1 amide bonds. The molecule has 0 spiro atoms. The molecule has 1 rings (SSSR count). The van der Waals surface area contributed by atoms with Gasteiger partial charge < -0.3 is 9.64 Å². The average molecular weight is 288 g/mol. The molecule has 4 nitrogen and oxygen atoms in total. The zero-order valence-corrected chi connectivity index (χ0v) is 11.5. The zero-order valence-electron chi connectivity index (χ0n) is 10.8. The van der Waals surface area contributed by atoms with Gasteiger partial charge in [0.2, 0.25) is 0 Å². The second-order valence-corrected chi connectivity index (χ2v) is 4.31. The average Bonchev–Trinajstić information content (AvgIpc) is 2.35. The molecule has 0 fully saturated rings. The normalized spacial score (nSPS) is 10.1. The van der Waals surface area contributed by atoms with E-state index in [-0.39, 0.29) is 35.4 Å². The summed E-state index contributed by atoms with van der Waals surface area (Å²) >= 11 is 5.80. The van der Waals surface area contributed by atoms with Crippen LogP contribution in [-0.4, -0.2) is 37.0 Å². The van der Waals surface area contributed by atoms with E-state index < -0.39 is 5.82 Å². The Kier molecular flexibility index (Phi) is 5.76. The molecule has 0 bridgehead atoms. The zero-order chi connectivity index (χ0) is 14.4. The number of rotatable bonds is 5. The van der Waals surface area contributed by atoms with Crippen LogP contribution in [0.1, 0.15) is 23.7 Å². The summed E-state index contributed by atoms with van der Waals surface area (Å²) in [5, 5.41) is 0.0491. The summed E-state index contributed by atoms with van der Waals surface area (Å²) in [5.41, 5.74) is 0.203. The standard InChI is InChI=1S/C13H15ClFNO3/c1-3-19-12(17)6-7-16(2)13(18)10-5-4-9(15)8-11(10)14/h4-5,8H,3,6-7H2,1-2H3. The minimum atomic E-state index is -0.504. The molecule has 0 unspecified atom stereocenters. The first kappa shape index (κ1) is 15.4. The van der Waals surface area contributed by atoms with E-state index in [4.69, 9.17) is 16.3 Å². The lowest BCUT2D eigenvalue weighted by molar-refractivity contribution is -0.143. The third-order valence-electron chi connectivity index (χ3n) is 2.46. The van der Waals surface area contributed by atoms with E-state index in [1.807, 2.05) is 0 Å². The molecule has 1 aromatic rings. The highest BCUT2D eigenvalue weighted by atomic mass is 35.5. The molecule has 0 aliphatic heterocycles. The first-order valence-electron chi connectivity index (χ1n) is 5.81. The Bertz CT molecular complexity index is 479. The largest absolute Gasteiger partial charge is 0.466 e. The molecule has 0 aromatic heterocycles. The lowest BCUT2D eigenvalue weighted by atomic mass is 10.2. The maximum Gasteiger partial charge on any atom is 0.307 e. The van der Waals surface area contributed by atoms with Gasteiger partial charge in [-0.2, -0.15) is 0 Å². The summed E-state index contributed by atoms with van der Waals surface area (Å²) in [5.74, 6) is -1.24. The number of amides is 1. The van der Waals surface area contributed by atoms with Crippen molar-refractivity contribution in [2.45, 2.75) is 13.3 Å². The topological polar surface area (TPSA) is 46.6 Å². The Labute approximate surface area is 116 Å². The molecule has 0 aliphatic carbocycles. The van der Waals surface area contributed by atoms with Crippen molar-refractivity contribution < 1.29 is 18.7 Å². The van der Waals surface area contributed by atoms with Crippen LogP contribution >= 0.6 is 11.6 Å². The molecule has 0 atom stereocenters. The lowest BCUT2D eigenvalue weighted by Crippen LogP contribution is -2.29. The molecule has 0 saturated heterocycles. The summed E-state index contributed by atoms with van der Waals surface area (Å²) in [6.07, 6.45) is 0.106. The maximum atomic E-state index is 12.9. The molecule has 6 heteroatoms. The van der Waals surface area contributed by atoms with Gasteiger partial charge in [0, 0.05) is 13.6 Å². The number of ether oxygens (including phenoxy) is 1. The van der Waals surface area contributed by atoms with Gasteiger partial charge in [0.1, 0.15) is 5.82 Å². The molecule has 0 heterocycles. The summed E-state index contributed by atoms with van der Waals surface area (Å²) < 4.78 is 17.6. The van der Waals surface area contributed by atoms with Crippen LogP contribution < -0.4 is 0 Å². The van der Waals surface area contributed by atoms with E-state index in [1.54, 1.807) is 14.0 Å². The van der Waals surface area contributed by atoms with Crippen molar-refractivity contribution in [3.8, 4) is 0 Å². The molecule has 104 valence electrons. The van der Waals surface area contributed by atoms with Gasteiger partial charge in [0.15, 0.2) is 0 Å². The molecule has 0 saturated carbocycles. The van der Waals surface area contributed by atoms with Crippen LogP contribution in [0.2, 0.25) is 5.02 Å². The SMILES string of the molecule is CCOC(=O)CCN(C)C(=O)c1ccc(F)cc1Cl. The molecule has 1 aromatic carbocycles. The predicted octanol–water partition coefficient (Wildman–Crippen LogP) is 2.50. The van der Waals surface area contributed by atoms with Crippen molar-refractivity contribution in [2.24, 2.45) is 0 Å². The maximum absolute atomic E-state index is 12.9. The van der Waals surface area contributed by atoms with Crippen LogP contribution in [0, 0.1) is 5.82 Å². The first-order chi connectivity index (χ1) is 8.95. The molecule has 0 radical (unpaired) electrons. The van der Waals surface area contributed by atoms with E-state index in [0.717, 1.165) is 12.1 Å². The summed E-state index contributed by atoms with van der Waals surface area (Å²) in [6.45, 7) is 2.23. The third-order valence-corrected chi connectivity index (χ3v) is 2.78. The van der Waals surface area contributed by atoms with Gasteiger partial charge in [-0.05, 0) is 25.1 Å². The van der Waals surface area contributed by atoms with Gasteiger partial charge in [-0.3, -0.25) is 9.59 Å². The van der Waals surface area contributed by atoms with Crippen LogP contribution in [0.3, 0.4) is 0 Å². The van der Waals surface area contributed by atoms with Crippen molar-refractivity contribution in [2.75, 3.05) is 20.2 Å². The van der Waals surface area contributed by atoms with Crippen molar-refractivity contribution in [3.63, 3.8) is 0 Å². The van der Waals surface area contributed by atoms with Gasteiger partial charge in [0.05, 0.1) is 23.6 Å². The number of hydrogen-bond donors (Lipinski definition) is 0. The summed E-state index contributed by atoms with van der Waals surface area (Å²) in [4.78, 5) is 24.5. The van der Waals surface area contributed by atoms with E-state index >= 15 is 0 Å². The highest BCUT2D eigenvalue weighted by Gasteiger charge is 2.16. The Balaban J connectivity index is 2.64. The van der Waals surface area contributed by atoms with E-state index in [9.17, 15) is 14.0 Å². The summed E-state index contributed by atoms with van der Waals surface area (Å²) in [7, 11) is 1.54. The number of benzene rings is 1. The molecular formula is C13H15ClFNO3. The van der Waals surface area contributed by atoms with Crippen LogP contribution in [-0.2, 0) is 9.53 Å². The van der Waals surface area contributed by atoms with E-state index in [2.05, 4.69) is 0 Å². The van der Waals surface area contributed by atoms with Gasteiger partial charge in [-0.25, -0.2) is 4.39 Å². The Morgan fingerprint density at radius 2 is 2.11 bits per heavy atom. The van der Waals surface area contributed by atoms with Crippen LogP contribution in [0.25, 0.3) is 0 Å². The highest BCUT2D eigenvalue weighted by Crippen LogP contribution is 2.18. The third kappa shape index (κ3) is 4.52. The molecule has 0 aliphatic rings. The minimum absolute atomic E-state index is 0.0491. The van der Waals surface area contributed by atoms with Crippen LogP contribution in [0.5, 0.6) is 0 Å². The molecule has 0 N–H and O–H groups in total. The fraction of sp³-hybridized carbons (Fsp3) is 0.385. The minimum Gasteiger partial charge on any atom is -0.466 e. The fourth-order valence-electron chi connectivity index (χ4n) is 1.46. The van der Waals surface area contributed by atoms with Gasteiger partial charge in [-0.1, -0.05) is 11.6 Å². The quantitative estimate of drug-likeness (QED) is 0.782. The van der Waals surface area contributed by atoms with E-state index in [0.29, 0.717) is 6.61 Å². The van der Waals surface area contributed by atoms with Crippen LogP contribution in [0.4, 0.5) is 4.39 Å².